The van der Waals surface area contributed by atoms with Crippen LogP contribution in [-0.4, -0.2) is 62.8 Å². The predicted molar refractivity (Wildman–Crippen MR) is 79.7 cm³/mol. The zero-order valence-corrected chi connectivity index (χ0v) is 12.7. The quantitative estimate of drug-likeness (QED) is 0.677. The number of ether oxygens (including phenoxy) is 1. The number of rotatable bonds is 7. The SMILES string of the molecule is COCCCCNC(=O)C1CCCN1C1CCNCC1. The number of amides is 1. The minimum atomic E-state index is 0.112. The molecule has 20 heavy (non-hydrogen) atoms. The summed E-state index contributed by atoms with van der Waals surface area (Å²) in [4.78, 5) is 14.8. The topological polar surface area (TPSA) is 53.6 Å². The number of nitrogens with one attached hydrogen (secondary N) is 2. The Labute approximate surface area is 122 Å². The Hall–Kier alpha value is -0.650. The lowest BCUT2D eigenvalue weighted by Crippen LogP contribution is -2.50. The van der Waals surface area contributed by atoms with E-state index in [0.29, 0.717) is 6.04 Å². The van der Waals surface area contributed by atoms with Gasteiger partial charge in [-0.2, -0.15) is 0 Å². The largest absolute Gasteiger partial charge is 0.385 e. The summed E-state index contributed by atoms with van der Waals surface area (Å²) in [5.74, 6) is 0.235. The van der Waals surface area contributed by atoms with Gasteiger partial charge in [0.1, 0.15) is 0 Å². The molecular weight excluding hydrogens is 254 g/mol. The monoisotopic (exact) mass is 283 g/mol. The summed E-state index contributed by atoms with van der Waals surface area (Å²) in [6, 6.07) is 0.712. The van der Waals surface area contributed by atoms with E-state index in [1.54, 1.807) is 7.11 Å². The van der Waals surface area contributed by atoms with E-state index in [4.69, 9.17) is 4.74 Å². The molecule has 0 aliphatic carbocycles. The van der Waals surface area contributed by atoms with E-state index in [1.165, 1.54) is 12.8 Å². The van der Waals surface area contributed by atoms with Gasteiger partial charge in [-0.15, -0.1) is 0 Å². The fourth-order valence-corrected chi connectivity index (χ4v) is 3.35. The third kappa shape index (κ3) is 4.43. The van der Waals surface area contributed by atoms with Crippen LogP contribution >= 0.6 is 0 Å². The molecule has 2 aliphatic heterocycles. The summed E-state index contributed by atoms with van der Waals surface area (Å²) in [5, 5.41) is 6.50. The Balaban J connectivity index is 1.73. The van der Waals surface area contributed by atoms with Crippen LogP contribution in [0.25, 0.3) is 0 Å². The summed E-state index contributed by atoms with van der Waals surface area (Å²) in [6.45, 7) is 4.82. The van der Waals surface area contributed by atoms with Gasteiger partial charge in [-0.05, 0) is 58.2 Å². The first-order valence-corrected chi connectivity index (χ1v) is 8.06. The number of carbonyl (C=O) groups excluding carboxylic acids is 1. The maximum atomic E-state index is 12.3. The molecule has 2 N–H and O–H groups in total. The zero-order chi connectivity index (χ0) is 14.2. The molecule has 0 bridgehead atoms. The van der Waals surface area contributed by atoms with Gasteiger partial charge >= 0.3 is 0 Å². The smallest absolute Gasteiger partial charge is 0.237 e. The molecule has 2 saturated heterocycles. The van der Waals surface area contributed by atoms with Gasteiger partial charge in [0.05, 0.1) is 6.04 Å². The first-order chi connectivity index (χ1) is 9.83. The number of hydrogen-bond acceptors (Lipinski definition) is 4. The Morgan fingerprint density at radius 1 is 1.30 bits per heavy atom. The Morgan fingerprint density at radius 3 is 2.85 bits per heavy atom. The molecule has 5 nitrogen and oxygen atoms in total. The molecule has 0 spiro atoms. The fourth-order valence-electron chi connectivity index (χ4n) is 3.35. The first-order valence-electron chi connectivity index (χ1n) is 8.06. The molecule has 2 rings (SSSR count). The second-order valence-electron chi connectivity index (χ2n) is 5.87. The lowest BCUT2D eigenvalue weighted by Gasteiger charge is -2.35. The van der Waals surface area contributed by atoms with E-state index in [2.05, 4.69) is 15.5 Å². The van der Waals surface area contributed by atoms with Crippen molar-refractivity contribution in [3.05, 3.63) is 0 Å². The normalized spacial score (nSPS) is 24.9. The molecule has 0 aromatic heterocycles. The van der Waals surface area contributed by atoms with Crippen LogP contribution in [-0.2, 0) is 9.53 Å². The summed E-state index contributed by atoms with van der Waals surface area (Å²) in [7, 11) is 1.72. The van der Waals surface area contributed by atoms with Crippen LogP contribution in [0.2, 0.25) is 0 Å². The molecular formula is C15H29N3O2. The molecule has 1 amide bonds. The Bertz CT molecular complexity index is 293. The number of methoxy groups -OCH3 is 1. The molecule has 2 aliphatic rings. The fraction of sp³-hybridized carbons (Fsp3) is 0.933. The number of carbonyl (C=O) groups is 1. The third-order valence-electron chi connectivity index (χ3n) is 4.45. The van der Waals surface area contributed by atoms with Crippen molar-refractivity contribution in [3.63, 3.8) is 0 Å². The van der Waals surface area contributed by atoms with Crippen molar-refractivity contribution in [2.24, 2.45) is 0 Å². The number of hydrogen-bond donors (Lipinski definition) is 2. The van der Waals surface area contributed by atoms with Crippen LogP contribution in [0.4, 0.5) is 0 Å². The van der Waals surface area contributed by atoms with Gasteiger partial charge in [-0.25, -0.2) is 0 Å². The van der Waals surface area contributed by atoms with Crippen LogP contribution in [0.3, 0.4) is 0 Å². The number of unbranched alkanes of at least 4 members (excludes halogenated alkanes) is 1. The average Bonchev–Trinajstić information content (AvgIpc) is 2.97. The molecule has 5 heteroatoms. The van der Waals surface area contributed by atoms with E-state index in [-0.39, 0.29) is 11.9 Å². The average molecular weight is 283 g/mol. The highest BCUT2D eigenvalue weighted by molar-refractivity contribution is 5.82. The van der Waals surface area contributed by atoms with E-state index >= 15 is 0 Å². The van der Waals surface area contributed by atoms with Crippen LogP contribution in [0.15, 0.2) is 0 Å². The predicted octanol–water partition coefficient (Wildman–Crippen LogP) is 0.746. The van der Waals surface area contributed by atoms with Crippen LogP contribution in [0.1, 0.15) is 38.5 Å². The summed E-state index contributed by atoms with van der Waals surface area (Å²) < 4.78 is 5.02. The third-order valence-corrected chi connectivity index (χ3v) is 4.45. The van der Waals surface area contributed by atoms with E-state index < -0.39 is 0 Å². The van der Waals surface area contributed by atoms with Gasteiger partial charge in [-0.1, -0.05) is 0 Å². The van der Waals surface area contributed by atoms with Crippen molar-refractivity contribution in [2.45, 2.75) is 50.6 Å². The van der Waals surface area contributed by atoms with Gasteiger partial charge in [0.25, 0.3) is 0 Å². The minimum Gasteiger partial charge on any atom is -0.385 e. The van der Waals surface area contributed by atoms with Gasteiger partial charge in [-0.3, -0.25) is 9.69 Å². The molecule has 2 fully saturated rings. The van der Waals surface area contributed by atoms with Gasteiger partial charge in [0.2, 0.25) is 5.91 Å². The van der Waals surface area contributed by atoms with E-state index in [1.807, 2.05) is 0 Å². The van der Waals surface area contributed by atoms with Crippen LogP contribution in [0, 0.1) is 0 Å². The van der Waals surface area contributed by atoms with Crippen molar-refractivity contribution in [2.75, 3.05) is 39.9 Å². The van der Waals surface area contributed by atoms with Gasteiger partial charge in [0, 0.05) is 26.3 Å². The summed E-state index contributed by atoms with van der Waals surface area (Å²) in [5.41, 5.74) is 0. The highest BCUT2D eigenvalue weighted by atomic mass is 16.5. The molecule has 1 atom stereocenters. The minimum absolute atomic E-state index is 0.112. The maximum Gasteiger partial charge on any atom is 0.237 e. The lowest BCUT2D eigenvalue weighted by molar-refractivity contribution is -0.126. The molecule has 2 heterocycles. The van der Waals surface area contributed by atoms with Crippen molar-refractivity contribution < 1.29 is 9.53 Å². The van der Waals surface area contributed by atoms with Gasteiger partial charge in [0.15, 0.2) is 0 Å². The highest BCUT2D eigenvalue weighted by Crippen LogP contribution is 2.24. The standard InChI is InChI=1S/C15H29N3O2/c1-20-12-3-2-8-17-15(19)14-5-4-11-18(14)13-6-9-16-10-7-13/h13-14,16H,2-12H2,1H3,(H,17,19). The summed E-state index contributed by atoms with van der Waals surface area (Å²) in [6.07, 6.45) is 6.55. The second-order valence-corrected chi connectivity index (χ2v) is 5.87. The van der Waals surface area contributed by atoms with Crippen molar-refractivity contribution >= 4 is 5.91 Å². The molecule has 0 radical (unpaired) electrons. The first kappa shape index (κ1) is 15.7. The second kappa shape index (κ2) is 8.60. The number of nitrogens with zero attached hydrogens (tertiary/aromatic N) is 1. The van der Waals surface area contributed by atoms with Crippen LogP contribution < -0.4 is 10.6 Å². The van der Waals surface area contributed by atoms with Crippen molar-refractivity contribution in [3.8, 4) is 0 Å². The summed E-state index contributed by atoms with van der Waals surface area (Å²) >= 11 is 0. The van der Waals surface area contributed by atoms with Gasteiger partial charge < -0.3 is 15.4 Å². The lowest BCUT2D eigenvalue weighted by atomic mass is 10.0. The molecule has 0 aromatic rings. The number of likely N-dealkylation sites (tertiary alicyclic amines) is 1. The molecule has 0 saturated carbocycles. The van der Waals surface area contributed by atoms with Crippen molar-refractivity contribution in [1.82, 2.24) is 15.5 Å². The zero-order valence-electron chi connectivity index (χ0n) is 12.7. The maximum absolute atomic E-state index is 12.3. The van der Waals surface area contributed by atoms with Crippen LogP contribution in [0.5, 0.6) is 0 Å². The van der Waals surface area contributed by atoms with E-state index in [9.17, 15) is 4.79 Å². The van der Waals surface area contributed by atoms with Crippen molar-refractivity contribution in [1.29, 1.82) is 0 Å². The van der Waals surface area contributed by atoms with E-state index in [0.717, 1.165) is 58.5 Å². The highest BCUT2D eigenvalue weighted by Gasteiger charge is 2.35. The Morgan fingerprint density at radius 2 is 2.10 bits per heavy atom. The molecule has 0 aromatic carbocycles. The molecule has 116 valence electrons. The number of piperidine rings is 1. The molecule has 1 unspecified atom stereocenters. The Kier molecular flexibility index (Phi) is 6.76.